The molecule has 0 aliphatic heterocycles. The van der Waals surface area contributed by atoms with Crippen LogP contribution >= 0.6 is 15.9 Å². The molecule has 37 heavy (non-hydrogen) atoms. The van der Waals surface area contributed by atoms with Crippen molar-refractivity contribution in [2.24, 2.45) is 0 Å². The number of methoxy groups -OCH3 is 3. The second kappa shape index (κ2) is 12.3. The molecule has 0 amide bonds. The number of rotatable bonds is 11. The van der Waals surface area contributed by atoms with E-state index in [1.54, 1.807) is 36.7 Å². The molecule has 0 fully saturated rings. The van der Waals surface area contributed by atoms with Crippen LogP contribution in [0.5, 0.6) is 23.0 Å². The molecular weight excluding hydrogens is 562 g/mol. The minimum absolute atomic E-state index is 0.0406. The number of aromatic hydroxyl groups is 1. The van der Waals surface area contributed by atoms with Gasteiger partial charge < -0.3 is 28.4 Å². The van der Waals surface area contributed by atoms with Crippen molar-refractivity contribution in [2.45, 2.75) is 18.8 Å². The fourth-order valence-corrected chi connectivity index (χ4v) is 5.00. The second-order valence-electron chi connectivity index (χ2n) is 7.96. The van der Waals surface area contributed by atoms with E-state index >= 15 is 0 Å². The van der Waals surface area contributed by atoms with Crippen molar-refractivity contribution < 1.29 is 28.4 Å². The van der Waals surface area contributed by atoms with E-state index < -0.39 is 11.4 Å². The summed E-state index contributed by atoms with van der Waals surface area (Å²) < 4.78 is 38.1. The van der Waals surface area contributed by atoms with E-state index in [0.29, 0.717) is 35.5 Å². The quantitative estimate of drug-likeness (QED) is 0.239. The van der Waals surface area contributed by atoms with E-state index in [1.807, 2.05) is 36.4 Å². The van der Waals surface area contributed by atoms with Crippen LogP contribution < -0.4 is 14.2 Å². The standard InChI is InChI=1S/C26H26BrN3O6S/c1-33-22-11-7-19(24(13-22)35-3)15-30(14-18-6-10-21(31)12-23(18)34-2)37(32)16-25-28-26(36-29-25)17-4-8-20(27)9-5-17/h4-13,31H,14-16H2,1-3H3. The monoisotopic (exact) mass is 587 g/mol. The summed E-state index contributed by atoms with van der Waals surface area (Å²) in [6, 6.07) is 17.8. The number of benzene rings is 3. The number of halogens is 1. The van der Waals surface area contributed by atoms with Crippen molar-refractivity contribution >= 4 is 27.3 Å². The molecule has 0 aliphatic carbocycles. The predicted molar refractivity (Wildman–Crippen MR) is 143 cm³/mol. The van der Waals surface area contributed by atoms with Crippen molar-refractivity contribution in [3.8, 4) is 34.5 Å². The van der Waals surface area contributed by atoms with Crippen molar-refractivity contribution in [1.82, 2.24) is 14.4 Å². The first-order valence-corrected chi connectivity index (χ1v) is 13.3. The molecule has 194 valence electrons. The summed E-state index contributed by atoms with van der Waals surface area (Å²) in [6.07, 6.45) is 0. The lowest BCUT2D eigenvalue weighted by Crippen LogP contribution is -2.32. The first-order valence-electron chi connectivity index (χ1n) is 11.2. The van der Waals surface area contributed by atoms with Gasteiger partial charge in [0.2, 0.25) is 5.82 Å². The SMILES string of the molecule is COc1ccc(CN(Cc2ccc(O)cc2OC)[S+]([O-])Cc2noc(-c3ccc(Br)cc3)n2)c(OC)c1. The normalized spacial score (nSPS) is 11.9. The van der Waals surface area contributed by atoms with Gasteiger partial charge in [-0.2, -0.15) is 4.98 Å². The summed E-state index contributed by atoms with van der Waals surface area (Å²) in [5.74, 6) is 2.54. The predicted octanol–water partition coefficient (Wildman–Crippen LogP) is 5.10. The molecule has 11 heteroatoms. The molecule has 9 nitrogen and oxygen atoms in total. The van der Waals surface area contributed by atoms with Crippen LogP contribution in [0, 0.1) is 0 Å². The Morgan fingerprint density at radius 3 is 2.22 bits per heavy atom. The topological polar surface area (TPSA) is 113 Å². The molecule has 0 radical (unpaired) electrons. The number of nitrogens with zero attached hydrogens (tertiary/aromatic N) is 3. The van der Waals surface area contributed by atoms with Gasteiger partial charge in [0, 0.05) is 44.7 Å². The number of phenolic OH excluding ortho intramolecular Hbond substituents is 1. The van der Waals surface area contributed by atoms with Gasteiger partial charge in [-0.05, 0) is 36.4 Å². The summed E-state index contributed by atoms with van der Waals surface area (Å²) >= 11 is 1.85. The van der Waals surface area contributed by atoms with E-state index in [9.17, 15) is 9.66 Å². The van der Waals surface area contributed by atoms with Gasteiger partial charge in [0.05, 0.1) is 34.4 Å². The molecule has 1 atom stereocenters. The van der Waals surface area contributed by atoms with Gasteiger partial charge >= 0.3 is 0 Å². The average molecular weight is 588 g/mol. The van der Waals surface area contributed by atoms with Crippen molar-refractivity contribution in [2.75, 3.05) is 21.3 Å². The minimum atomic E-state index is -1.55. The third kappa shape index (κ3) is 6.75. The maximum atomic E-state index is 13.7. The van der Waals surface area contributed by atoms with Crippen molar-refractivity contribution in [3.05, 3.63) is 82.1 Å². The van der Waals surface area contributed by atoms with E-state index in [0.717, 1.165) is 21.2 Å². The maximum Gasteiger partial charge on any atom is 0.258 e. The Morgan fingerprint density at radius 2 is 1.57 bits per heavy atom. The number of hydrogen-bond acceptors (Lipinski definition) is 9. The van der Waals surface area contributed by atoms with E-state index in [2.05, 4.69) is 26.1 Å². The van der Waals surface area contributed by atoms with Crippen LogP contribution in [-0.2, 0) is 30.2 Å². The van der Waals surface area contributed by atoms with Gasteiger partial charge in [-0.3, -0.25) is 0 Å². The van der Waals surface area contributed by atoms with E-state index in [1.165, 1.54) is 13.2 Å². The van der Waals surface area contributed by atoms with E-state index in [-0.39, 0.29) is 18.0 Å². The van der Waals surface area contributed by atoms with Crippen LogP contribution in [0.4, 0.5) is 0 Å². The first-order chi connectivity index (χ1) is 17.9. The number of phenols is 1. The van der Waals surface area contributed by atoms with Gasteiger partial charge in [-0.1, -0.05) is 33.2 Å². The Hall–Kier alpha value is -3.25. The van der Waals surface area contributed by atoms with Crippen molar-refractivity contribution in [3.63, 3.8) is 0 Å². The lowest BCUT2D eigenvalue weighted by atomic mass is 10.1. The molecule has 1 heterocycles. The molecule has 3 aromatic carbocycles. The molecule has 4 rings (SSSR count). The lowest BCUT2D eigenvalue weighted by molar-refractivity contribution is 0.358. The summed E-state index contributed by atoms with van der Waals surface area (Å²) in [7, 11) is 4.68. The summed E-state index contributed by atoms with van der Waals surface area (Å²) in [5.41, 5.74) is 2.34. The summed E-state index contributed by atoms with van der Waals surface area (Å²) in [6.45, 7) is 0.559. The number of hydrogen-bond donors (Lipinski definition) is 1. The highest BCUT2D eigenvalue weighted by Crippen LogP contribution is 2.31. The van der Waals surface area contributed by atoms with Gasteiger partial charge in [-0.25, -0.2) is 0 Å². The second-order valence-corrected chi connectivity index (χ2v) is 10.3. The largest absolute Gasteiger partial charge is 0.598 e. The molecule has 1 aromatic heterocycles. The van der Waals surface area contributed by atoms with Crippen LogP contribution in [-0.4, -0.2) is 45.4 Å². The van der Waals surface area contributed by atoms with Crippen LogP contribution in [0.25, 0.3) is 11.5 Å². The zero-order chi connectivity index (χ0) is 26.4. The molecule has 0 bridgehead atoms. The Morgan fingerprint density at radius 1 is 0.919 bits per heavy atom. The smallest absolute Gasteiger partial charge is 0.258 e. The molecular formula is C26H26BrN3O6S. The van der Waals surface area contributed by atoms with Gasteiger partial charge in [0.25, 0.3) is 5.89 Å². The highest BCUT2D eigenvalue weighted by molar-refractivity contribution is 9.10. The average Bonchev–Trinajstić information content (AvgIpc) is 3.37. The highest BCUT2D eigenvalue weighted by Gasteiger charge is 2.26. The highest BCUT2D eigenvalue weighted by atomic mass is 79.9. The Balaban J connectivity index is 1.60. The van der Waals surface area contributed by atoms with Crippen molar-refractivity contribution in [1.29, 1.82) is 0 Å². The zero-order valence-corrected chi connectivity index (χ0v) is 22.9. The summed E-state index contributed by atoms with van der Waals surface area (Å²) in [4.78, 5) is 4.44. The molecule has 0 saturated carbocycles. The number of aromatic nitrogens is 2. The fraction of sp³-hybridized carbons (Fsp3) is 0.231. The Labute approximate surface area is 226 Å². The molecule has 1 N–H and O–H groups in total. The van der Waals surface area contributed by atoms with Crippen LogP contribution in [0.1, 0.15) is 17.0 Å². The third-order valence-electron chi connectivity index (χ3n) is 5.56. The fourth-order valence-electron chi connectivity index (χ4n) is 3.65. The number of ether oxygens (including phenoxy) is 3. The zero-order valence-electron chi connectivity index (χ0n) is 20.5. The van der Waals surface area contributed by atoms with Gasteiger partial charge in [-0.15, -0.1) is 4.31 Å². The molecule has 0 aliphatic rings. The minimum Gasteiger partial charge on any atom is -0.598 e. The van der Waals surface area contributed by atoms with Crippen LogP contribution in [0.2, 0.25) is 0 Å². The first kappa shape index (κ1) is 26.8. The maximum absolute atomic E-state index is 13.7. The van der Waals surface area contributed by atoms with E-state index in [4.69, 9.17) is 18.7 Å². The lowest BCUT2D eigenvalue weighted by Gasteiger charge is -2.25. The van der Waals surface area contributed by atoms with Crippen LogP contribution in [0.3, 0.4) is 0 Å². The Kier molecular flexibility index (Phi) is 8.93. The third-order valence-corrected chi connectivity index (χ3v) is 7.43. The summed E-state index contributed by atoms with van der Waals surface area (Å²) in [5, 5.41) is 13.9. The molecule has 0 saturated heterocycles. The van der Waals surface area contributed by atoms with Gasteiger partial charge in [0.1, 0.15) is 23.0 Å². The van der Waals surface area contributed by atoms with Gasteiger partial charge in [0.15, 0.2) is 5.75 Å². The molecule has 0 spiro atoms. The Bertz CT molecular complexity index is 1330. The van der Waals surface area contributed by atoms with Crippen LogP contribution in [0.15, 0.2) is 69.7 Å². The molecule has 1 unspecified atom stereocenters. The molecule has 4 aromatic rings.